The zero-order valence-corrected chi connectivity index (χ0v) is 17.3. The number of aliphatic carboxylic acids is 1. The molecule has 0 aromatic carbocycles. The van der Waals surface area contributed by atoms with Gasteiger partial charge in [0.25, 0.3) is 0 Å². The van der Waals surface area contributed by atoms with E-state index in [0.29, 0.717) is 19.4 Å². The number of nitrogens with two attached hydrogens (primary N) is 2. The maximum Gasteiger partial charge on any atom is 0.326 e. The number of unbranched alkanes of at least 4 members (excludes halogenated alkanes) is 1. The van der Waals surface area contributed by atoms with Gasteiger partial charge in [-0.2, -0.15) is 0 Å². The lowest BCUT2D eigenvalue weighted by Gasteiger charge is -2.24. The minimum Gasteiger partial charge on any atom is -0.480 e. The summed E-state index contributed by atoms with van der Waals surface area (Å²) >= 11 is 0. The van der Waals surface area contributed by atoms with Gasteiger partial charge in [0.1, 0.15) is 24.2 Å². The largest absolute Gasteiger partial charge is 0.480 e. The highest BCUT2D eigenvalue weighted by Crippen LogP contribution is 2.08. The third kappa shape index (κ3) is 10.8. The van der Waals surface area contributed by atoms with Crippen LogP contribution in [0.25, 0.3) is 0 Å². The molecule has 3 amide bonds. The summed E-state index contributed by atoms with van der Waals surface area (Å²) in [6, 6.07) is -4.21. The number of aliphatic hydroxyl groups is 1. The van der Waals surface area contributed by atoms with E-state index >= 15 is 0 Å². The van der Waals surface area contributed by atoms with Crippen LogP contribution in [-0.4, -0.2) is 71.2 Å². The molecule has 0 heterocycles. The predicted molar refractivity (Wildman–Crippen MR) is 107 cm³/mol. The monoisotopic (exact) mass is 417 g/mol. The summed E-state index contributed by atoms with van der Waals surface area (Å²) in [6.45, 7) is 4.98. The highest BCUT2D eigenvalue weighted by molar-refractivity contribution is 5.93. The summed E-state index contributed by atoms with van der Waals surface area (Å²) in [4.78, 5) is 48.1. The van der Waals surface area contributed by atoms with Crippen molar-refractivity contribution >= 4 is 23.7 Å². The molecule has 0 rings (SSSR count). The average Bonchev–Trinajstić information content (AvgIpc) is 2.65. The van der Waals surface area contributed by atoms with E-state index in [0.717, 1.165) is 0 Å². The van der Waals surface area contributed by atoms with Crippen molar-refractivity contribution in [2.75, 3.05) is 13.2 Å². The summed E-state index contributed by atoms with van der Waals surface area (Å²) in [7, 11) is 0. The zero-order valence-electron chi connectivity index (χ0n) is 17.3. The van der Waals surface area contributed by atoms with E-state index in [1.54, 1.807) is 0 Å². The Hall–Kier alpha value is -2.24. The third-order valence-corrected chi connectivity index (χ3v) is 4.19. The maximum atomic E-state index is 12.6. The molecule has 29 heavy (non-hydrogen) atoms. The molecule has 0 aromatic rings. The van der Waals surface area contributed by atoms with Crippen LogP contribution in [0.2, 0.25) is 0 Å². The molecular formula is C18H35N5O6. The van der Waals surface area contributed by atoms with Crippen LogP contribution in [0.3, 0.4) is 0 Å². The summed E-state index contributed by atoms with van der Waals surface area (Å²) in [5.74, 6) is -3.06. The lowest BCUT2D eigenvalue weighted by atomic mass is 10.0. The van der Waals surface area contributed by atoms with Crippen LogP contribution in [0.4, 0.5) is 0 Å². The second-order valence-corrected chi connectivity index (χ2v) is 7.39. The number of hydrogen-bond acceptors (Lipinski definition) is 7. The molecule has 0 bridgehead atoms. The molecule has 0 aromatic heterocycles. The first-order valence-corrected chi connectivity index (χ1v) is 9.73. The van der Waals surface area contributed by atoms with Gasteiger partial charge in [0, 0.05) is 0 Å². The van der Waals surface area contributed by atoms with Crippen molar-refractivity contribution in [1.29, 1.82) is 0 Å². The highest BCUT2D eigenvalue weighted by atomic mass is 16.4. The van der Waals surface area contributed by atoms with E-state index in [1.165, 1.54) is 6.92 Å². The van der Waals surface area contributed by atoms with Gasteiger partial charge in [0.15, 0.2) is 0 Å². The van der Waals surface area contributed by atoms with Crippen molar-refractivity contribution < 1.29 is 29.4 Å². The number of carbonyl (C=O) groups is 4. The van der Waals surface area contributed by atoms with Crippen LogP contribution in [0.1, 0.15) is 46.5 Å². The number of hydrogen-bond donors (Lipinski definition) is 7. The van der Waals surface area contributed by atoms with E-state index in [9.17, 15) is 24.3 Å². The van der Waals surface area contributed by atoms with Gasteiger partial charge in [-0.1, -0.05) is 13.8 Å². The number of carboxylic acid groups (broad SMARTS) is 1. The third-order valence-electron chi connectivity index (χ3n) is 4.19. The Morgan fingerprint density at radius 1 is 0.897 bits per heavy atom. The lowest BCUT2D eigenvalue weighted by molar-refractivity contribution is -0.142. The van der Waals surface area contributed by atoms with Crippen LogP contribution in [0.15, 0.2) is 0 Å². The van der Waals surface area contributed by atoms with Gasteiger partial charge in [0.05, 0.1) is 6.61 Å². The normalized spacial score (nSPS) is 15.1. The zero-order chi connectivity index (χ0) is 22.6. The van der Waals surface area contributed by atoms with E-state index in [1.807, 2.05) is 13.8 Å². The molecule has 0 spiro atoms. The molecule has 4 atom stereocenters. The number of aliphatic hydroxyl groups excluding tert-OH is 1. The van der Waals surface area contributed by atoms with Crippen molar-refractivity contribution in [3.63, 3.8) is 0 Å². The van der Waals surface area contributed by atoms with Gasteiger partial charge < -0.3 is 37.6 Å². The fourth-order valence-electron chi connectivity index (χ4n) is 2.49. The molecule has 0 radical (unpaired) electrons. The summed E-state index contributed by atoms with van der Waals surface area (Å²) in [6.07, 6.45) is 1.69. The maximum absolute atomic E-state index is 12.6. The number of carbonyl (C=O) groups excluding carboxylic acids is 3. The van der Waals surface area contributed by atoms with Gasteiger partial charge in [-0.15, -0.1) is 0 Å². The SMILES string of the molecule is CC(C)CC(NC(=O)C(C)NC(=O)C(N)CO)C(=O)NC(CCCCN)C(=O)O. The molecule has 0 fully saturated rings. The van der Waals surface area contributed by atoms with Crippen LogP contribution in [-0.2, 0) is 19.2 Å². The van der Waals surface area contributed by atoms with E-state index in [4.69, 9.17) is 16.6 Å². The summed E-state index contributed by atoms with van der Waals surface area (Å²) < 4.78 is 0. The Morgan fingerprint density at radius 3 is 1.97 bits per heavy atom. The van der Waals surface area contributed by atoms with Gasteiger partial charge in [-0.25, -0.2) is 4.79 Å². The minimum atomic E-state index is -1.16. The molecular weight excluding hydrogens is 382 g/mol. The van der Waals surface area contributed by atoms with Crippen molar-refractivity contribution in [3.8, 4) is 0 Å². The molecule has 168 valence electrons. The Labute approximate surface area is 171 Å². The minimum absolute atomic E-state index is 0.0410. The molecule has 4 unspecified atom stereocenters. The smallest absolute Gasteiger partial charge is 0.326 e. The van der Waals surface area contributed by atoms with Crippen molar-refractivity contribution in [1.82, 2.24) is 16.0 Å². The van der Waals surface area contributed by atoms with Crippen molar-refractivity contribution in [3.05, 3.63) is 0 Å². The molecule has 0 saturated heterocycles. The molecule has 9 N–H and O–H groups in total. The Kier molecular flexibility index (Phi) is 12.8. The molecule has 0 aliphatic carbocycles. The summed E-state index contributed by atoms with van der Waals surface area (Å²) in [5.41, 5.74) is 10.8. The summed E-state index contributed by atoms with van der Waals surface area (Å²) in [5, 5.41) is 25.5. The second kappa shape index (κ2) is 13.9. The number of rotatable bonds is 14. The second-order valence-electron chi connectivity index (χ2n) is 7.39. The predicted octanol–water partition coefficient (Wildman–Crippen LogP) is -1.96. The van der Waals surface area contributed by atoms with E-state index in [2.05, 4.69) is 16.0 Å². The first-order valence-electron chi connectivity index (χ1n) is 9.73. The number of carboxylic acids is 1. The van der Waals surface area contributed by atoms with Crippen LogP contribution in [0, 0.1) is 5.92 Å². The molecule has 0 aliphatic rings. The van der Waals surface area contributed by atoms with Gasteiger partial charge in [0.2, 0.25) is 17.7 Å². The highest BCUT2D eigenvalue weighted by Gasteiger charge is 2.29. The molecule has 11 nitrogen and oxygen atoms in total. The van der Waals surface area contributed by atoms with Crippen LogP contribution in [0.5, 0.6) is 0 Å². The quantitative estimate of drug-likeness (QED) is 0.158. The standard InChI is InChI=1S/C18H35N5O6/c1-10(2)8-14(17(27)22-13(18(28)29)6-4-5-7-19)23-15(25)11(3)21-16(26)12(20)9-24/h10-14,24H,4-9,19-20H2,1-3H3,(H,21,26)(H,22,27)(H,23,25)(H,28,29). The van der Waals surface area contributed by atoms with Crippen LogP contribution >= 0.6 is 0 Å². The molecule has 11 heteroatoms. The van der Waals surface area contributed by atoms with Gasteiger partial charge in [-0.05, 0) is 45.1 Å². The van der Waals surface area contributed by atoms with Crippen molar-refractivity contribution in [2.45, 2.75) is 70.6 Å². The van der Waals surface area contributed by atoms with E-state index < -0.39 is 54.5 Å². The lowest BCUT2D eigenvalue weighted by Crippen LogP contribution is -2.56. The first-order chi connectivity index (χ1) is 13.5. The van der Waals surface area contributed by atoms with Gasteiger partial charge in [-0.3, -0.25) is 14.4 Å². The van der Waals surface area contributed by atoms with Gasteiger partial charge >= 0.3 is 5.97 Å². The Balaban J connectivity index is 5.04. The average molecular weight is 418 g/mol. The molecule has 0 saturated carbocycles. The molecule has 0 aliphatic heterocycles. The van der Waals surface area contributed by atoms with Crippen LogP contribution < -0.4 is 27.4 Å². The Morgan fingerprint density at radius 2 is 1.48 bits per heavy atom. The van der Waals surface area contributed by atoms with E-state index in [-0.39, 0.29) is 18.8 Å². The fourth-order valence-corrected chi connectivity index (χ4v) is 2.49. The number of nitrogens with one attached hydrogen (secondary N) is 3. The topological polar surface area (TPSA) is 197 Å². The fraction of sp³-hybridized carbons (Fsp3) is 0.778. The van der Waals surface area contributed by atoms with Crippen molar-refractivity contribution in [2.24, 2.45) is 17.4 Å². The first kappa shape index (κ1) is 26.8. The Bertz CT molecular complexity index is 557. The number of amides is 3.